The molecule has 0 saturated carbocycles. The summed E-state index contributed by atoms with van der Waals surface area (Å²) >= 11 is 5.80. The Morgan fingerprint density at radius 1 is 1.03 bits per heavy atom. The maximum Gasteiger partial charge on any atom is 0.407 e. The molecule has 2 N–H and O–H groups in total. The highest BCUT2D eigenvalue weighted by atomic mass is 35.5. The molecule has 0 spiro atoms. The van der Waals surface area contributed by atoms with E-state index in [9.17, 15) is 14.7 Å². The minimum atomic E-state index is -1.17. The molecule has 1 amide bonds. The van der Waals surface area contributed by atoms with Crippen molar-refractivity contribution >= 4 is 23.7 Å². The second kappa shape index (κ2) is 8.55. The number of hydrogen-bond acceptors (Lipinski definition) is 4. The van der Waals surface area contributed by atoms with Gasteiger partial charge in [0.1, 0.15) is 12.6 Å². The SMILES string of the molecule is O=C(NC(Cc1ccc(Cl)cn1)C(=O)O)OCC1c2ccccc2-c2ccccc21. The van der Waals surface area contributed by atoms with Gasteiger partial charge in [0.05, 0.1) is 5.02 Å². The van der Waals surface area contributed by atoms with Crippen molar-refractivity contribution in [1.29, 1.82) is 0 Å². The molecule has 1 aliphatic carbocycles. The van der Waals surface area contributed by atoms with Gasteiger partial charge in [0.25, 0.3) is 0 Å². The fourth-order valence-electron chi connectivity index (χ4n) is 3.72. The van der Waals surface area contributed by atoms with Crippen molar-refractivity contribution in [2.75, 3.05) is 6.61 Å². The van der Waals surface area contributed by atoms with Gasteiger partial charge in [0.2, 0.25) is 0 Å². The molecule has 4 rings (SSSR count). The minimum absolute atomic E-state index is 0.0245. The summed E-state index contributed by atoms with van der Waals surface area (Å²) in [6.07, 6.45) is 0.679. The number of nitrogens with zero attached hydrogens (tertiary/aromatic N) is 1. The first kappa shape index (κ1) is 19.9. The topological polar surface area (TPSA) is 88.5 Å². The van der Waals surface area contributed by atoms with Crippen LogP contribution in [0.25, 0.3) is 11.1 Å². The number of aliphatic carboxylic acids is 1. The van der Waals surface area contributed by atoms with Gasteiger partial charge in [-0.25, -0.2) is 9.59 Å². The zero-order chi connectivity index (χ0) is 21.1. The molecule has 1 aliphatic rings. The Bertz CT molecular complexity index is 1040. The summed E-state index contributed by atoms with van der Waals surface area (Å²) in [6.45, 7) is 0.116. The van der Waals surface area contributed by atoms with Crippen molar-refractivity contribution in [3.05, 3.63) is 88.7 Å². The molecule has 152 valence electrons. The molecule has 7 heteroatoms. The zero-order valence-corrected chi connectivity index (χ0v) is 16.7. The lowest BCUT2D eigenvalue weighted by atomic mass is 9.98. The van der Waals surface area contributed by atoms with E-state index in [-0.39, 0.29) is 18.9 Å². The summed E-state index contributed by atoms with van der Waals surface area (Å²) in [5.41, 5.74) is 4.93. The van der Waals surface area contributed by atoms with Crippen molar-refractivity contribution in [2.45, 2.75) is 18.4 Å². The number of carboxylic acids is 1. The third-order valence-electron chi connectivity index (χ3n) is 5.14. The Kier molecular flexibility index (Phi) is 5.68. The molecule has 1 aromatic heterocycles. The fraction of sp³-hybridized carbons (Fsp3) is 0.174. The number of hydrogen-bond donors (Lipinski definition) is 2. The van der Waals surface area contributed by atoms with Crippen molar-refractivity contribution < 1.29 is 19.4 Å². The number of carbonyl (C=O) groups excluding carboxylic acids is 1. The van der Waals surface area contributed by atoms with Gasteiger partial charge >= 0.3 is 12.1 Å². The number of amides is 1. The first-order valence-electron chi connectivity index (χ1n) is 9.47. The van der Waals surface area contributed by atoms with Gasteiger partial charge in [-0.1, -0.05) is 60.1 Å². The number of aromatic nitrogens is 1. The molecular formula is C23H19ClN2O4. The van der Waals surface area contributed by atoms with Gasteiger partial charge in [-0.2, -0.15) is 0 Å². The van der Waals surface area contributed by atoms with Crippen LogP contribution in [-0.2, 0) is 16.0 Å². The van der Waals surface area contributed by atoms with Crippen LogP contribution in [0.5, 0.6) is 0 Å². The number of carbonyl (C=O) groups is 2. The van der Waals surface area contributed by atoms with Crippen LogP contribution in [0.3, 0.4) is 0 Å². The maximum atomic E-state index is 12.3. The van der Waals surface area contributed by atoms with Crippen LogP contribution in [0, 0.1) is 0 Å². The zero-order valence-electron chi connectivity index (χ0n) is 15.9. The summed E-state index contributed by atoms with van der Waals surface area (Å²) in [7, 11) is 0. The number of alkyl carbamates (subject to hydrolysis) is 1. The summed E-state index contributed by atoms with van der Waals surface area (Å²) in [5.74, 6) is -1.26. The number of rotatable bonds is 6. The summed E-state index contributed by atoms with van der Waals surface area (Å²) in [6, 6.07) is 18.1. The average molecular weight is 423 g/mol. The van der Waals surface area contributed by atoms with Crippen LogP contribution >= 0.6 is 11.6 Å². The average Bonchev–Trinajstić information content (AvgIpc) is 3.07. The Hall–Kier alpha value is -3.38. The molecule has 0 aliphatic heterocycles. The third-order valence-corrected chi connectivity index (χ3v) is 5.36. The first-order chi connectivity index (χ1) is 14.5. The van der Waals surface area contributed by atoms with Crippen LogP contribution in [0.4, 0.5) is 4.79 Å². The van der Waals surface area contributed by atoms with E-state index in [1.165, 1.54) is 6.20 Å². The molecule has 2 aromatic carbocycles. The lowest BCUT2D eigenvalue weighted by Gasteiger charge is -2.17. The molecule has 0 fully saturated rings. The normalized spacial score (nSPS) is 13.2. The summed E-state index contributed by atoms with van der Waals surface area (Å²) in [4.78, 5) is 28.0. The highest BCUT2D eigenvalue weighted by molar-refractivity contribution is 6.30. The largest absolute Gasteiger partial charge is 0.480 e. The maximum absolute atomic E-state index is 12.3. The van der Waals surface area contributed by atoms with Crippen LogP contribution in [0.2, 0.25) is 5.02 Å². The van der Waals surface area contributed by atoms with E-state index in [1.54, 1.807) is 12.1 Å². The molecule has 1 atom stereocenters. The number of carboxylic acid groups (broad SMARTS) is 1. The predicted octanol–water partition coefficient (Wildman–Crippen LogP) is 4.27. The summed E-state index contributed by atoms with van der Waals surface area (Å²) in [5, 5.41) is 12.3. The van der Waals surface area contributed by atoms with E-state index in [0.717, 1.165) is 22.3 Å². The Morgan fingerprint density at radius 3 is 2.23 bits per heavy atom. The molecular weight excluding hydrogens is 404 g/mol. The fourth-order valence-corrected chi connectivity index (χ4v) is 3.83. The van der Waals surface area contributed by atoms with Crippen LogP contribution in [0.15, 0.2) is 66.9 Å². The Balaban J connectivity index is 1.43. The smallest absolute Gasteiger partial charge is 0.407 e. The van der Waals surface area contributed by atoms with Crippen LogP contribution in [-0.4, -0.2) is 34.8 Å². The lowest BCUT2D eigenvalue weighted by molar-refractivity contribution is -0.139. The minimum Gasteiger partial charge on any atom is -0.480 e. The monoisotopic (exact) mass is 422 g/mol. The summed E-state index contributed by atoms with van der Waals surface area (Å²) < 4.78 is 5.42. The van der Waals surface area contributed by atoms with Crippen molar-refractivity contribution in [3.8, 4) is 11.1 Å². The number of fused-ring (bicyclic) bond motifs is 3. The van der Waals surface area contributed by atoms with Crippen molar-refractivity contribution in [2.24, 2.45) is 0 Å². The number of nitrogens with one attached hydrogen (secondary N) is 1. The number of halogens is 1. The van der Waals surface area contributed by atoms with Gasteiger partial charge in [0.15, 0.2) is 0 Å². The van der Waals surface area contributed by atoms with Gasteiger partial charge < -0.3 is 15.2 Å². The molecule has 3 aromatic rings. The molecule has 0 saturated heterocycles. The first-order valence-corrected chi connectivity index (χ1v) is 9.85. The lowest BCUT2D eigenvalue weighted by Crippen LogP contribution is -2.43. The third kappa shape index (κ3) is 4.14. The van der Waals surface area contributed by atoms with Crippen LogP contribution < -0.4 is 5.32 Å². The van der Waals surface area contributed by atoms with Gasteiger partial charge in [-0.3, -0.25) is 4.98 Å². The van der Waals surface area contributed by atoms with Gasteiger partial charge in [-0.15, -0.1) is 0 Å². The standard InChI is InChI=1S/C23H19ClN2O4/c24-14-9-10-15(25-12-14)11-21(22(27)28)26-23(29)30-13-20-18-7-3-1-5-16(18)17-6-2-4-8-19(17)20/h1-10,12,20-21H,11,13H2,(H,26,29)(H,27,28). The Morgan fingerprint density at radius 2 is 1.67 bits per heavy atom. The predicted molar refractivity (Wildman–Crippen MR) is 113 cm³/mol. The Labute approximate surface area is 178 Å². The second-order valence-electron chi connectivity index (χ2n) is 7.03. The molecule has 0 bridgehead atoms. The number of pyridine rings is 1. The quantitative estimate of drug-likeness (QED) is 0.619. The molecule has 30 heavy (non-hydrogen) atoms. The van der Waals surface area contributed by atoms with Crippen LogP contribution in [0.1, 0.15) is 22.7 Å². The van der Waals surface area contributed by atoms with Gasteiger partial charge in [-0.05, 0) is 34.4 Å². The molecule has 0 radical (unpaired) electrons. The van der Waals surface area contributed by atoms with E-state index in [1.807, 2.05) is 48.5 Å². The van der Waals surface area contributed by atoms with E-state index in [2.05, 4.69) is 10.3 Å². The molecule has 1 heterocycles. The van der Waals surface area contributed by atoms with Crippen molar-refractivity contribution in [3.63, 3.8) is 0 Å². The second-order valence-corrected chi connectivity index (χ2v) is 7.47. The van der Waals surface area contributed by atoms with E-state index < -0.39 is 18.1 Å². The number of ether oxygens (including phenoxy) is 1. The highest BCUT2D eigenvalue weighted by Gasteiger charge is 2.29. The van der Waals surface area contributed by atoms with E-state index in [0.29, 0.717) is 10.7 Å². The molecule has 6 nitrogen and oxygen atoms in total. The highest BCUT2D eigenvalue weighted by Crippen LogP contribution is 2.44. The number of benzene rings is 2. The van der Waals surface area contributed by atoms with E-state index in [4.69, 9.17) is 16.3 Å². The van der Waals surface area contributed by atoms with E-state index >= 15 is 0 Å². The molecule has 1 unspecified atom stereocenters. The van der Waals surface area contributed by atoms with Crippen molar-refractivity contribution in [1.82, 2.24) is 10.3 Å². The van der Waals surface area contributed by atoms with Gasteiger partial charge in [0, 0.05) is 24.2 Å².